The Kier molecular flexibility index (Phi) is 4.95. The Hall–Kier alpha value is -1.06. The Morgan fingerprint density at radius 3 is 2.19 bits per heavy atom. The molecule has 3 unspecified atom stereocenters. The molecule has 0 radical (unpaired) electrons. The number of carboxylic acid groups (broad SMARTS) is 1. The number of hydrogen-bond acceptors (Lipinski definition) is 2. The van der Waals surface area contributed by atoms with E-state index in [0.29, 0.717) is 17.8 Å². The van der Waals surface area contributed by atoms with Crippen LogP contribution in [0, 0.1) is 23.2 Å². The van der Waals surface area contributed by atoms with Crippen molar-refractivity contribution in [1.29, 1.82) is 0 Å². The molecule has 1 heterocycles. The summed E-state index contributed by atoms with van der Waals surface area (Å²) in [5.74, 6) is -1.07. The highest BCUT2D eigenvalue weighted by Gasteiger charge is 2.44. The summed E-state index contributed by atoms with van der Waals surface area (Å²) in [5, 5.41) is 9.39. The molecule has 1 amide bonds. The van der Waals surface area contributed by atoms with E-state index < -0.39 is 11.9 Å². The molecule has 2 aliphatic rings. The quantitative estimate of drug-likeness (QED) is 0.866. The average molecular weight is 295 g/mol. The number of rotatable bonds is 4. The predicted octanol–water partition coefficient (Wildman–Crippen LogP) is 3.16. The third-order valence-corrected chi connectivity index (χ3v) is 6.01. The van der Waals surface area contributed by atoms with Crippen molar-refractivity contribution in [3.05, 3.63) is 0 Å². The minimum atomic E-state index is -0.792. The molecule has 0 aromatic rings. The molecule has 1 saturated carbocycles. The normalized spacial score (nSPS) is 32.1. The molecule has 1 aliphatic carbocycles. The highest BCUT2D eigenvalue weighted by Crippen LogP contribution is 2.41. The number of carbonyl (C=O) groups is 2. The topological polar surface area (TPSA) is 57.6 Å². The lowest BCUT2D eigenvalue weighted by Gasteiger charge is -2.40. The molecular weight excluding hydrogens is 266 g/mol. The molecule has 4 heteroatoms. The van der Waals surface area contributed by atoms with Gasteiger partial charge in [-0.2, -0.15) is 0 Å². The van der Waals surface area contributed by atoms with Crippen LogP contribution >= 0.6 is 0 Å². The van der Waals surface area contributed by atoms with Gasteiger partial charge >= 0.3 is 5.97 Å². The van der Waals surface area contributed by atoms with Gasteiger partial charge in [-0.1, -0.05) is 33.6 Å². The Labute approximate surface area is 127 Å². The van der Waals surface area contributed by atoms with Gasteiger partial charge in [0.25, 0.3) is 0 Å². The molecule has 1 N–H and O–H groups in total. The van der Waals surface area contributed by atoms with Gasteiger partial charge in [-0.3, -0.25) is 9.59 Å². The fraction of sp³-hybridized carbons (Fsp3) is 0.882. The Balaban J connectivity index is 2.01. The third kappa shape index (κ3) is 3.41. The molecule has 2 fully saturated rings. The monoisotopic (exact) mass is 295 g/mol. The highest BCUT2D eigenvalue weighted by atomic mass is 16.4. The van der Waals surface area contributed by atoms with Gasteiger partial charge in [0.2, 0.25) is 5.91 Å². The van der Waals surface area contributed by atoms with Gasteiger partial charge in [0.1, 0.15) is 0 Å². The second kappa shape index (κ2) is 6.37. The van der Waals surface area contributed by atoms with Crippen molar-refractivity contribution in [2.24, 2.45) is 23.2 Å². The first-order valence-corrected chi connectivity index (χ1v) is 8.41. The van der Waals surface area contributed by atoms with Gasteiger partial charge in [-0.15, -0.1) is 0 Å². The number of aliphatic carboxylic acids is 1. The van der Waals surface area contributed by atoms with Gasteiger partial charge in [-0.05, 0) is 37.0 Å². The zero-order valence-electron chi connectivity index (χ0n) is 13.6. The van der Waals surface area contributed by atoms with Gasteiger partial charge in [0, 0.05) is 13.1 Å². The van der Waals surface area contributed by atoms with E-state index >= 15 is 0 Å². The molecule has 2 rings (SSSR count). The van der Waals surface area contributed by atoms with Crippen molar-refractivity contribution < 1.29 is 14.7 Å². The summed E-state index contributed by atoms with van der Waals surface area (Å²) in [7, 11) is 0. The van der Waals surface area contributed by atoms with E-state index in [1.165, 1.54) is 0 Å². The standard InChI is InChI=1S/C17H29NO3/c1-4-12-10-13(14(11-12)16(20)21)15(19)18-8-6-17(3,5-2)7-9-18/h12-14H,4-11H2,1-3H3,(H,20,21). The number of amides is 1. The molecule has 0 spiro atoms. The molecule has 1 saturated heterocycles. The molecular formula is C17H29NO3. The molecule has 0 bridgehead atoms. The van der Waals surface area contributed by atoms with E-state index in [9.17, 15) is 14.7 Å². The van der Waals surface area contributed by atoms with E-state index in [-0.39, 0.29) is 11.8 Å². The molecule has 4 nitrogen and oxygen atoms in total. The van der Waals surface area contributed by atoms with Crippen molar-refractivity contribution >= 4 is 11.9 Å². The SMILES string of the molecule is CCC1CC(C(=O)O)C(C(=O)N2CCC(C)(CC)CC2)C1. The summed E-state index contributed by atoms with van der Waals surface area (Å²) < 4.78 is 0. The summed E-state index contributed by atoms with van der Waals surface area (Å²) in [6.45, 7) is 8.17. The van der Waals surface area contributed by atoms with Crippen LogP contribution in [0.2, 0.25) is 0 Å². The predicted molar refractivity (Wildman–Crippen MR) is 81.8 cm³/mol. The number of hydrogen-bond donors (Lipinski definition) is 1. The van der Waals surface area contributed by atoms with Crippen LogP contribution < -0.4 is 0 Å². The van der Waals surface area contributed by atoms with Crippen molar-refractivity contribution in [2.45, 2.75) is 59.3 Å². The largest absolute Gasteiger partial charge is 0.481 e. The molecule has 0 aromatic heterocycles. The summed E-state index contributed by atoms with van der Waals surface area (Å²) >= 11 is 0. The lowest BCUT2D eigenvalue weighted by molar-refractivity contribution is -0.150. The van der Waals surface area contributed by atoms with Crippen LogP contribution in [0.3, 0.4) is 0 Å². The zero-order valence-corrected chi connectivity index (χ0v) is 13.6. The minimum Gasteiger partial charge on any atom is -0.481 e. The van der Waals surface area contributed by atoms with Crippen LogP contribution in [0.4, 0.5) is 0 Å². The van der Waals surface area contributed by atoms with Crippen LogP contribution in [-0.2, 0) is 9.59 Å². The fourth-order valence-electron chi connectivity index (χ4n) is 3.88. The molecule has 21 heavy (non-hydrogen) atoms. The first-order chi connectivity index (χ1) is 9.90. The van der Waals surface area contributed by atoms with Crippen LogP contribution in [-0.4, -0.2) is 35.0 Å². The van der Waals surface area contributed by atoms with Crippen molar-refractivity contribution in [2.75, 3.05) is 13.1 Å². The van der Waals surface area contributed by atoms with Gasteiger partial charge < -0.3 is 10.0 Å². The lowest BCUT2D eigenvalue weighted by Crippen LogP contribution is -2.45. The Bertz CT molecular complexity index is 399. The zero-order chi connectivity index (χ0) is 15.6. The highest BCUT2D eigenvalue weighted by molar-refractivity contribution is 5.85. The second-order valence-electron chi connectivity index (χ2n) is 7.29. The first kappa shape index (κ1) is 16.3. The van der Waals surface area contributed by atoms with Crippen molar-refractivity contribution in [1.82, 2.24) is 4.90 Å². The number of nitrogens with zero attached hydrogens (tertiary/aromatic N) is 1. The number of piperidine rings is 1. The van der Waals surface area contributed by atoms with Crippen LogP contribution in [0.5, 0.6) is 0 Å². The number of carbonyl (C=O) groups excluding carboxylic acids is 1. The minimum absolute atomic E-state index is 0.0940. The van der Waals surface area contributed by atoms with Crippen LogP contribution in [0.25, 0.3) is 0 Å². The second-order valence-corrected chi connectivity index (χ2v) is 7.29. The van der Waals surface area contributed by atoms with E-state index in [1.807, 2.05) is 4.90 Å². The summed E-state index contributed by atoms with van der Waals surface area (Å²) in [5.41, 5.74) is 0.352. The Morgan fingerprint density at radius 1 is 1.14 bits per heavy atom. The molecule has 0 aromatic carbocycles. The fourth-order valence-corrected chi connectivity index (χ4v) is 3.88. The van der Waals surface area contributed by atoms with Crippen molar-refractivity contribution in [3.63, 3.8) is 0 Å². The van der Waals surface area contributed by atoms with Gasteiger partial charge in [0.15, 0.2) is 0 Å². The van der Waals surface area contributed by atoms with E-state index in [4.69, 9.17) is 0 Å². The van der Waals surface area contributed by atoms with E-state index in [2.05, 4.69) is 20.8 Å². The first-order valence-electron chi connectivity index (χ1n) is 8.41. The number of likely N-dealkylation sites (tertiary alicyclic amines) is 1. The van der Waals surface area contributed by atoms with Crippen LogP contribution in [0.15, 0.2) is 0 Å². The maximum absolute atomic E-state index is 12.7. The maximum atomic E-state index is 12.7. The smallest absolute Gasteiger partial charge is 0.307 e. The molecule has 3 atom stereocenters. The average Bonchev–Trinajstić information content (AvgIpc) is 2.92. The molecule has 1 aliphatic heterocycles. The number of carboxylic acids is 1. The molecule has 120 valence electrons. The lowest BCUT2D eigenvalue weighted by atomic mass is 9.78. The summed E-state index contributed by atoms with van der Waals surface area (Å²) in [4.78, 5) is 26.1. The third-order valence-electron chi connectivity index (χ3n) is 6.01. The van der Waals surface area contributed by atoms with E-state index in [1.54, 1.807) is 0 Å². The maximum Gasteiger partial charge on any atom is 0.307 e. The van der Waals surface area contributed by atoms with Gasteiger partial charge in [0.05, 0.1) is 11.8 Å². The van der Waals surface area contributed by atoms with Crippen molar-refractivity contribution in [3.8, 4) is 0 Å². The van der Waals surface area contributed by atoms with Crippen LogP contribution in [0.1, 0.15) is 59.3 Å². The Morgan fingerprint density at radius 2 is 1.71 bits per heavy atom. The summed E-state index contributed by atoms with van der Waals surface area (Å²) in [6.07, 6.45) is 5.62. The van der Waals surface area contributed by atoms with Gasteiger partial charge in [-0.25, -0.2) is 0 Å². The van der Waals surface area contributed by atoms with E-state index in [0.717, 1.165) is 45.2 Å². The summed E-state index contributed by atoms with van der Waals surface area (Å²) in [6, 6.07) is 0.